The van der Waals surface area contributed by atoms with Crippen LogP contribution >= 0.6 is 11.6 Å². The van der Waals surface area contributed by atoms with Crippen LogP contribution in [0.3, 0.4) is 0 Å². The van der Waals surface area contributed by atoms with Crippen LogP contribution < -0.4 is 5.32 Å². The third kappa shape index (κ3) is 7.87. The van der Waals surface area contributed by atoms with Crippen LogP contribution in [0.25, 0.3) is 10.8 Å². The molecule has 0 aromatic heterocycles. The Morgan fingerprint density at radius 3 is 2.54 bits per heavy atom. The topological polar surface area (TPSA) is 55.7 Å². The van der Waals surface area contributed by atoms with E-state index in [9.17, 15) is 9.70 Å². The number of nitroso groups, excluding NO2 is 1. The first-order valence-electron chi connectivity index (χ1n) is 15.5. The lowest BCUT2D eigenvalue weighted by Gasteiger charge is -2.27. The second-order valence-corrected chi connectivity index (χ2v) is 12.3. The summed E-state index contributed by atoms with van der Waals surface area (Å²) < 4.78 is 0. The first-order chi connectivity index (χ1) is 20.0. The lowest BCUT2D eigenvalue weighted by atomic mass is 9.95. The Morgan fingerprint density at radius 1 is 1.00 bits per heavy atom. The van der Waals surface area contributed by atoms with Crippen LogP contribution in [0.2, 0.25) is 5.02 Å². The van der Waals surface area contributed by atoms with Crippen LogP contribution in [0.15, 0.2) is 66.7 Å². The molecule has 2 saturated heterocycles. The second-order valence-electron chi connectivity index (χ2n) is 11.9. The average molecular weight is 576 g/mol. The molecule has 1 N–H and O–H groups in total. The van der Waals surface area contributed by atoms with E-state index in [1.807, 2.05) is 42.5 Å². The molecule has 0 saturated carbocycles. The third-order valence-electron chi connectivity index (χ3n) is 9.03. The molecule has 1 amide bonds. The van der Waals surface area contributed by atoms with E-state index in [1.165, 1.54) is 29.7 Å². The average Bonchev–Trinajstić information content (AvgIpc) is 3.16. The first kappa shape index (κ1) is 29.5. The number of piperidine rings is 1. The molecule has 0 spiro atoms. The second kappa shape index (κ2) is 14.3. The molecule has 2 heterocycles. The van der Waals surface area contributed by atoms with Gasteiger partial charge in [-0.1, -0.05) is 67.4 Å². The highest BCUT2D eigenvalue weighted by atomic mass is 35.5. The predicted octanol–water partition coefficient (Wildman–Crippen LogP) is 7.07. The van der Waals surface area contributed by atoms with Gasteiger partial charge in [0.05, 0.1) is 18.0 Å². The summed E-state index contributed by atoms with van der Waals surface area (Å²) in [5.41, 5.74) is 1.94. The largest absolute Gasteiger partial charge is 0.352 e. The minimum Gasteiger partial charge on any atom is -0.352 e. The predicted molar refractivity (Wildman–Crippen MR) is 167 cm³/mol. The van der Waals surface area contributed by atoms with Gasteiger partial charge in [-0.3, -0.25) is 4.79 Å². The van der Waals surface area contributed by atoms with E-state index in [0.717, 1.165) is 62.6 Å². The Kier molecular flexibility index (Phi) is 10.3. The molecule has 0 bridgehead atoms. The highest BCUT2D eigenvalue weighted by Gasteiger charge is 2.39. The van der Waals surface area contributed by atoms with Crippen molar-refractivity contribution < 1.29 is 9.66 Å². The smallest absolute Gasteiger partial charge is 0.251 e. The number of benzene rings is 3. The quantitative estimate of drug-likeness (QED) is 0.263. The van der Waals surface area contributed by atoms with Crippen molar-refractivity contribution in [3.8, 4) is 0 Å². The van der Waals surface area contributed by atoms with E-state index in [1.54, 1.807) is 0 Å². The molecule has 2 fully saturated rings. The highest BCUT2D eigenvalue weighted by molar-refractivity contribution is 6.31. The molecule has 3 aromatic rings. The van der Waals surface area contributed by atoms with Crippen LogP contribution in [0.1, 0.15) is 73.7 Å². The van der Waals surface area contributed by atoms with E-state index in [2.05, 4.69) is 46.4 Å². The number of hydrazine groups is 1. The summed E-state index contributed by atoms with van der Waals surface area (Å²) in [6, 6.07) is 21.9. The van der Waals surface area contributed by atoms with Crippen LogP contribution in [0.5, 0.6) is 0 Å². The van der Waals surface area contributed by atoms with Crippen molar-refractivity contribution in [2.75, 3.05) is 39.3 Å². The van der Waals surface area contributed by atoms with Gasteiger partial charge in [0, 0.05) is 42.4 Å². The van der Waals surface area contributed by atoms with Gasteiger partial charge >= 0.3 is 0 Å². The number of hydrogen-bond donors (Lipinski definition) is 1. The van der Waals surface area contributed by atoms with Crippen molar-refractivity contribution in [2.45, 2.75) is 63.8 Å². The van der Waals surface area contributed by atoms with Gasteiger partial charge in [0.25, 0.3) is 5.91 Å². The Balaban J connectivity index is 1.26. The Morgan fingerprint density at radius 2 is 1.76 bits per heavy atom. The van der Waals surface area contributed by atoms with Gasteiger partial charge in [-0.05, 0) is 85.3 Å². The van der Waals surface area contributed by atoms with E-state index >= 15 is 0 Å². The number of hydrogen-bond acceptors (Lipinski definition) is 3. The SMILES string of the molecule is CC[C@H](CN1CC[C@H](CNC(=O)c2ccc3cc(Cl)ccc3c2)C[C@H](CCN2CCCCC2)[N+]1=O)c1ccccc1. The molecule has 2 aliphatic heterocycles. The molecule has 2 aliphatic rings. The number of amides is 1. The van der Waals surface area contributed by atoms with Crippen molar-refractivity contribution in [2.24, 2.45) is 5.92 Å². The zero-order chi connectivity index (χ0) is 28.6. The molecule has 218 valence electrons. The fourth-order valence-corrected chi connectivity index (χ4v) is 6.68. The monoisotopic (exact) mass is 575 g/mol. The van der Waals surface area contributed by atoms with E-state index in [-0.39, 0.29) is 17.9 Å². The number of halogens is 1. The number of carbonyl (C=O) groups excluding carboxylic acids is 1. The zero-order valence-corrected chi connectivity index (χ0v) is 25.1. The van der Waals surface area contributed by atoms with Gasteiger partial charge < -0.3 is 10.2 Å². The number of carbonyl (C=O) groups is 1. The molecule has 0 aliphatic carbocycles. The molecule has 3 aromatic carbocycles. The van der Waals surface area contributed by atoms with Crippen LogP contribution in [-0.4, -0.2) is 66.0 Å². The lowest BCUT2D eigenvalue weighted by Crippen LogP contribution is -2.43. The van der Waals surface area contributed by atoms with Gasteiger partial charge in [0.15, 0.2) is 0 Å². The van der Waals surface area contributed by atoms with Crippen molar-refractivity contribution in [1.82, 2.24) is 15.2 Å². The number of fused-ring (bicyclic) bond motifs is 1. The van der Waals surface area contributed by atoms with Crippen molar-refractivity contribution in [3.63, 3.8) is 0 Å². The molecular formula is C34H44ClN4O2+. The number of rotatable bonds is 10. The summed E-state index contributed by atoms with van der Waals surface area (Å²) in [4.78, 5) is 30.9. The van der Waals surface area contributed by atoms with Crippen LogP contribution in [-0.2, 0) is 0 Å². The first-order valence-corrected chi connectivity index (χ1v) is 15.8. The molecule has 7 heteroatoms. The summed E-state index contributed by atoms with van der Waals surface area (Å²) in [6.07, 6.45) is 7.36. The minimum atomic E-state index is -0.0833. The zero-order valence-electron chi connectivity index (χ0n) is 24.3. The van der Waals surface area contributed by atoms with Crippen molar-refractivity contribution in [3.05, 3.63) is 87.8 Å². The Hall–Kier alpha value is -2.96. The number of nitrogens with zero attached hydrogens (tertiary/aromatic N) is 3. The molecule has 5 rings (SSSR count). The van der Waals surface area contributed by atoms with E-state index in [0.29, 0.717) is 29.6 Å². The summed E-state index contributed by atoms with van der Waals surface area (Å²) >= 11 is 6.12. The standard InChI is InChI=1S/C34H43ClN4O2/c1-2-27(28-9-5-3-6-10-28)25-38-20-15-26(21-33(39(38)41)16-19-37-17-7-4-8-18-37)24-36-34(40)31-12-11-30-23-32(35)14-13-29(30)22-31/h3,5-6,9-14,22-23,26-27,33H,2,4,7-8,15-21,24-25H2,1H3/p+1/t26-,27+,33-/m0/s1. The van der Waals surface area contributed by atoms with Gasteiger partial charge in [0.2, 0.25) is 6.04 Å². The normalized spacial score (nSPS) is 21.0. The van der Waals surface area contributed by atoms with Gasteiger partial charge in [-0.2, -0.15) is 0 Å². The minimum absolute atomic E-state index is 0.0677. The molecule has 0 unspecified atom stereocenters. The summed E-state index contributed by atoms with van der Waals surface area (Å²) in [5, 5.41) is 7.95. The number of nitrogens with one attached hydrogen (secondary N) is 1. The fourth-order valence-electron chi connectivity index (χ4n) is 6.50. The summed E-state index contributed by atoms with van der Waals surface area (Å²) in [5.74, 6) is 0.499. The Bertz CT molecular complexity index is 1310. The molecule has 0 radical (unpaired) electrons. The molecule has 3 atom stereocenters. The lowest BCUT2D eigenvalue weighted by molar-refractivity contribution is -0.734. The summed E-state index contributed by atoms with van der Waals surface area (Å²) in [7, 11) is 0. The van der Waals surface area contributed by atoms with Gasteiger partial charge in [-0.15, -0.1) is 5.01 Å². The maximum atomic E-state index is 13.9. The molecule has 6 nitrogen and oxygen atoms in total. The van der Waals surface area contributed by atoms with E-state index in [4.69, 9.17) is 11.6 Å². The van der Waals surface area contributed by atoms with Gasteiger partial charge in [-0.25, -0.2) is 0 Å². The maximum absolute atomic E-state index is 13.9. The number of likely N-dealkylation sites (tertiary alicyclic amines) is 1. The van der Waals surface area contributed by atoms with E-state index < -0.39 is 0 Å². The van der Waals surface area contributed by atoms with Gasteiger partial charge in [0.1, 0.15) is 4.87 Å². The molecule has 41 heavy (non-hydrogen) atoms. The summed E-state index contributed by atoms with van der Waals surface area (Å²) in [6.45, 7) is 7.47. The Labute approximate surface area is 249 Å². The maximum Gasteiger partial charge on any atom is 0.251 e. The fraction of sp³-hybridized carbons (Fsp3) is 0.500. The van der Waals surface area contributed by atoms with Crippen molar-refractivity contribution >= 4 is 28.3 Å². The molecular weight excluding hydrogens is 532 g/mol. The van der Waals surface area contributed by atoms with Crippen LogP contribution in [0.4, 0.5) is 0 Å². The highest BCUT2D eigenvalue weighted by Crippen LogP contribution is 2.27. The third-order valence-corrected chi connectivity index (χ3v) is 9.27. The van der Waals surface area contributed by atoms with Crippen molar-refractivity contribution in [1.29, 1.82) is 0 Å². The van der Waals surface area contributed by atoms with Crippen LogP contribution in [0, 0.1) is 10.8 Å².